The van der Waals surface area contributed by atoms with Gasteiger partial charge in [0.1, 0.15) is 17.1 Å². The number of morpholine rings is 1. The SMILES string of the molecule is Cc1cc(C(=O)NC2(c3cc(Nc4ccc(Cl)cc4)nc(N4CCOCC4)n3)COC2)no1. The van der Waals surface area contributed by atoms with Crippen LogP contribution in [-0.2, 0) is 15.0 Å². The molecule has 11 heteroatoms. The standard InChI is InChI=1S/C22H23ClN6O4/c1-14-10-17(28-33-14)20(30)27-22(12-32-13-22)18-11-19(24-16-4-2-15(23)3-5-16)26-21(25-18)29-6-8-31-9-7-29/h2-5,10-11H,6-9,12-13H2,1H3,(H,27,30)(H,24,25,26). The highest BCUT2D eigenvalue weighted by molar-refractivity contribution is 6.30. The summed E-state index contributed by atoms with van der Waals surface area (Å²) in [6.07, 6.45) is 0. The third-order valence-electron chi connectivity index (χ3n) is 5.53. The molecule has 0 spiro atoms. The second-order valence-electron chi connectivity index (χ2n) is 8.02. The van der Waals surface area contributed by atoms with Gasteiger partial charge in [0, 0.05) is 35.9 Å². The average molecular weight is 471 g/mol. The van der Waals surface area contributed by atoms with Gasteiger partial charge in [-0.15, -0.1) is 0 Å². The topological polar surface area (TPSA) is 115 Å². The van der Waals surface area contributed by atoms with Crippen molar-refractivity contribution in [2.45, 2.75) is 12.5 Å². The van der Waals surface area contributed by atoms with Gasteiger partial charge in [-0.25, -0.2) is 4.98 Å². The number of ether oxygens (including phenoxy) is 2. The van der Waals surface area contributed by atoms with Crippen molar-refractivity contribution in [2.24, 2.45) is 0 Å². The Morgan fingerprint density at radius 3 is 2.48 bits per heavy atom. The highest BCUT2D eigenvalue weighted by Gasteiger charge is 2.44. The fraction of sp³-hybridized carbons (Fsp3) is 0.364. The second-order valence-corrected chi connectivity index (χ2v) is 8.46. The number of carbonyl (C=O) groups excluding carboxylic acids is 1. The first-order valence-corrected chi connectivity index (χ1v) is 11.0. The molecule has 0 saturated carbocycles. The number of carbonyl (C=O) groups is 1. The molecule has 2 aliphatic heterocycles. The zero-order valence-corrected chi connectivity index (χ0v) is 18.8. The largest absolute Gasteiger partial charge is 0.378 e. The van der Waals surface area contributed by atoms with E-state index in [1.807, 2.05) is 18.2 Å². The molecule has 5 rings (SSSR count). The summed E-state index contributed by atoms with van der Waals surface area (Å²) in [5, 5.41) is 10.8. The zero-order chi connectivity index (χ0) is 22.8. The lowest BCUT2D eigenvalue weighted by atomic mass is 9.92. The predicted octanol–water partition coefficient (Wildman–Crippen LogP) is 2.66. The minimum atomic E-state index is -0.801. The maximum atomic E-state index is 12.8. The van der Waals surface area contributed by atoms with E-state index in [4.69, 9.17) is 35.6 Å². The van der Waals surface area contributed by atoms with Crippen molar-refractivity contribution in [1.82, 2.24) is 20.4 Å². The van der Waals surface area contributed by atoms with Crippen LogP contribution in [0.2, 0.25) is 5.02 Å². The van der Waals surface area contributed by atoms with Crippen molar-refractivity contribution in [2.75, 3.05) is 49.7 Å². The lowest BCUT2D eigenvalue weighted by molar-refractivity contribution is -0.0755. The molecule has 2 aromatic heterocycles. The molecule has 10 nitrogen and oxygen atoms in total. The van der Waals surface area contributed by atoms with Gasteiger partial charge in [-0.2, -0.15) is 4.98 Å². The van der Waals surface area contributed by atoms with E-state index < -0.39 is 5.54 Å². The third kappa shape index (κ3) is 4.63. The lowest BCUT2D eigenvalue weighted by Crippen LogP contribution is -2.60. The number of rotatable bonds is 6. The Bertz CT molecular complexity index is 1140. The van der Waals surface area contributed by atoms with Crippen molar-refractivity contribution in [3.63, 3.8) is 0 Å². The fourth-order valence-corrected chi connectivity index (χ4v) is 3.80. The van der Waals surface area contributed by atoms with Crippen molar-refractivity contribution < 1.29 is 18.8 Å². The van der Waals surface area contributed by atoms with Crippen LogP contribution < -0.4 is 15.5 Å². The van der Waals surface area contributed by atoms with Crippen LogP contribution in [0.15, 0.2) is 40.9 Å². The molecule has 0 aliphatic carbocycles. The molecule has 0 bridgehead atoms. The highest BCUT2D eigenvalue weighted by atomic mass is 35.5. The van der Waals surface area contributed by atoms with Crippen LogP contribution >= 0.6 is 11.6 Å². The third-order valence-corrected chi connectivity index (χ3v) is 5.78. The Kier molecular flexibility index (Phi) is 5.88. The number of aryl methyl sites for hydroxylation is 1. The van der Waals surface area contributed by atoms with Gasteiger partial charge in [-0.05, 0) is 31.2 Å². The average Bonchev–Trinajstić information content (AvgIpc) is 3.24. The highest BCUT2D eigenvalue weighted by Crippen LogP contribution is 2.32. The van der Waals surface area contributed by atoms with E-state index in [0.29, 0.717) is 54.5 Å². The van der Waals surface area contributed by atoms with Gasteiger partial charge in [-0.3, -0.25) is 4.79 Å². The molecule has 0 radical (unpaired) electrons. The minimum Gasteiger partial charge on any atom is -0.378 e. The first kappa shape index (κ1) is 21.6. The van der Waals surface area contributed by atoms with Gasteiger partial charge >= 0.3 is 0 Å². The molecular formula is C22H23ClN6O4. The van der Waals surface area contributed by atoms with Crippen LogP contribution in [0.25, 0.3) is 0 Å². The zero-order valence-electron chi connectivity index (χ0n) is 18.0. The summed E-state index contributed by atoms with van der Waals surface area (Å²) in [7, 11) is 0. The lowest BCUT2D eigenvalue weighted by Gasteiger charge is -2.41. The number of hydrogen-bond donors (Lipinski definition) is 2. The minimum absolute atomic E-state index is 0.209. The maximum Gasteiger partial charge on any atom is 0.274 e. The number of nitrogens with one attached hydrogen (secondary N) is 2. The molecule has 3 aromatic rings. The van der Waals surface area contributed by atoms with Crippen molar-refractivity contribution in [3.8, 4) is 0 Å². The van der Waals surface area contributed by atoms with Crippen LogP contribution in [-0.4, -0.2) is 60.5 Å². The Labute approximate surface area is 195 Å². The molecule has 2 fully saturated rings. The molecule has 0 atom stereocenters. The van der Waals surface area contributed by atoms with Crippen LogP contribution in [0.3, 0.4) is 0 Å². The monoisotopic (exact) mass is 470 g/mol. The van der Waals surface area contributed by atoms with Crippen LogP contribution in [0.4, 0.5) is 17.5 Å². The van der Waals surface area contributed by atoms with Crippen molar-refractivity contribution >= 4 is 35.0 Å². The second kappa shape index (κ2) is 8.97. The molecule has 0 unspecified atom stereocenters. The Morgan fingerprint density at radius 2 is 1.85 bits per heavy atom. The summed E-state index contributed by atoms with van der Waals surface area (Å²) in [4.78, 5) is 24.5. The van der Waals surface area contributed by atoms with E-state index in [-0.39, 0.29) is 24.8 Å². The number of anilines is 3. The van der Waals surface area contributed by atoms with E-state index in [1.165, 1.54) is 0 Å². The summed E-state index contributed by atoms with van der Waals surface area (Å²) in [6.45, 7) is 4.87. The summed E-state index contributed by atoms with van der Waals surface area (Å²) in [5.41, 5.74) is 0.888. The molecular weight excluding hydrogens is 448 g/mol. The quantitative estimate of drug-likeness (QED) is 0.561. The molecule has 2 N–H and O–H groups in total. The molecule has 2 aliphatic rings. The van der Waals surface area contributed by atoms with Gasteiger partial charge < -0.3 is 29.5 Å². The van der Waals surface area contributed by atoms with Gasteiger partial charge in [-0.1, -0.05) is 16.8 Å². The van der Waals surface area contributed by atoms with Crippen molar-refractivity contribution in [3.05, 3.63) is 58.6 Å². The van der Waals surface area contributed by atoms with Gasteiger partial charge in [0.25, 0.3) is 5.91 Å². The van der Waals surface area contributed by atoms with E-state index in [1.54, 1.807) is 25.1 Å². The molecule has 172 valence electrons. The number of nitrogens with zero attached hydrogens (tertiary/aromatic N) is 4. The molecule has 4 heterocycles. The number of aromatic nitrogens is 3. The Hall–Kier alpha value is -3.21. The van der Waals surface area contributed by atoms with Crippen LogP contribution in [0, 0.1) is 6.92 Å². The molecule has 2 saturated heterocycles. The van der Waals surface area contributed by atoms with Crippen molar-refractivity contribution in [1.29, 1.82) is 0 Å². The number of halogens is 1. The smallest absolute Gasteiger partial charge is 0.274 e. The first-order chi connectivity index (χ1) is 16.0. The Morgan fingerprint density at radius 1 is 1.09 bits per heavy atom. The Balaban J connectivity index is 1.48. The molecule has 1 aromatic carbocycles. The summed E-state index contributed by atoms with van der Waals surface area (Å²) < 4.78 is 16.0. The maximum absolute atomic E-state index is 12.8. The normalized spacial score (nSPS) is 17.3. The molecule has 33 heavy (non-hydrogen) atoms. The summed E-state index contributed by atoms with van der Waals surface area (Å²) in [5.74, 6) is 1.37. The van der Waals surface area contributed by atoms with E-state index in [0.717, 1.165) is 5.69 Å². The van der Waals surface area contributed by atoms with E-state index in [2.05, 4.69) is 20.7 Å². The number of amides is 1. The van der Waals surface area contributed by atoms with E-state index in [9.17, 15) is 4.79 Å². The van der Waals surface area contributed by atoms with E-state index >= 15 is 0 Å². The van der Waals surface area contributed by atoms with Gasteiger partial charge in [0.15, 0.2) is 5.69 Å². The number of hydrogen-bond acceptors (Lipinski definition) is 9. The number of benzene rings is 1. The van der Waals surface area contributed by atoms with Crippen LogP contribution in [0.5, 0.6) is 0 Å². The summed E-state index contributed by atoms with van der Waals surface area (Å²) >= 11 is 6.02. The predicted molar refractivity (Wildman–Crippen MR) is 121 cm³/mol. The fourth-order valence-electron chi connectivity index (χ4n) is 3.67. The first-order valence-electron chi connectivity index (χ1n) is 10.6. The van der Waals surface area contributed by atoms with Gasteiger partial charge in [0.05, 0.1) is 32.1 Å². The van der Waals surface area contributed by atoms with Gasteiger partial charge in [0.2, 0.25) is 5.95 Å². The summed E-state index contributed by atoms with van der Waals surface area (Å²) in [6, 6.07) is 10.8. The van der Waals surface area contributed by atoms with Crippen LogP contribution in [0.1, 0.15) is 21.9 Å². The molecule has 1 amide bonds.